The molecule has 0 saturated carbocycles. The zero-order chi connectivity index (χ0) is 17.4. The van der Waals surface area contributed by atoms with Crippen LogP contribution in [-0.2, 0) is 16.1 Å². The van der Waals surface area contributed by atoms with Gasteiger partial charge in [-0.05, 0) is 31.2 Å². The summed E-state index contributed by atoms with van der Waals surface area (Å²) in [7, 11) is 1.58. The summed E-state index contributed by atoms with van der Waals surface area (Å²) in [5, 5.41) is 11.1. The second-order valence-electron chi connectivity index (χ2n) is 4.75. The molecule has 0 radical (unpaired) electrons. The number of hydrogen-bond acceptors (Lipinski definition) is 7. The van der Waals surface area contributed by atoms with Crippen LogP contribution in [0.2, 0.25) is 5.02 Å². The molecule has 0 bridgehead atoms. The third-order valence-corrected chi connectivity index (χ3v) is 4.06. The molecule has 0 saturated heterocycles. The summed E-state index contributed by atoms with van der Waals surface area (Å²) in [5.41, 5.74) is 0. The average molecular weight is 372 g/mol. The van der Waals surface area contributed by atoms with E-state index in [0.717, 1.165) is 0 Å². The summed E-state index contributed by atoms with van der Waals surface area (Å²) in [6.45, 7) is 2.84. The summed E-state index contributed by atoms with van der Waals surface area (Å²) in [6.07, 6.45) is 0. The predicted molar refractivity (Wildman–Crippen MR) is 90.3 cm³/mol. The predicted octanol–water partition coefficient (Wildman–Crippen LogP) is 2.55. The van der Waals surface area contributed by atoms with Gasteiger partial charge in [0.25, 0.3) is 11.1 Å². The van der Waals surface area contributed by atoms with E-state index in [2.05, 4.69) is 15.5 Å². The molecule has 1 aromatic carbocycles. The van der Waals surface area contributed by atoms with Gasteiger partial charge in [0.2, 0.25) is 5.91 Å². The van der Waals surface area contributed by atoms with Crippen molar-refractivity contribution >= 4 is 29.3 Å². The van der Waals surface area contributed by atoms with E-state index in [1.807, 2.05) is 0 Å². The number of hydrogen-bond donors (Lipinski definition) is 1. The third kappa shape index (κ3) is 6.03. The second-order valence-corrected chi connectivity index (χ2v) is 6.48. The monoisotopic (exact) mass is 371 g/mol. The highest BCUT2D eigenvalue weighted by Gasteiger charge is 2.18. The Kier molecular flexibility index (Phi) is 7.36. The standard InChI is InChI=1S/C15H18ClN3O4S/c1-10(14(20)17-7-8-21-2)24-15-19-18-13(23-15)9-22-12-5-3-11(16)4-6-12/h3-6,10H,7-9H2,1-2H3,(H,17,20)/t10-/m0/s1. The van der Waals surface area contributed by atoms with Crippen LogP contribution in [-0.4, -0.2) is 41.6 Å². The Labute approximate surface area is 149 Å². The lowest BCUT2D eigenvalue weighted by molar-refractivity contribution is -0.120. The maximum absolute atomic E-state index is 11.9. The van der Waals surface area contributed by atoms with Crippen LogP contribution < -0.4 is 10.1 Å². The van der Waals surface area contributed by atoms with Crippen molar-refractivity contribution in [2.45, 2.75) is 24.0 Å². The quantitative estimate of drug-likeness (QED) is 0.535. The SMILES string of the molecule is COCCNC(=O)[C@H](C)Sc1nnc(COc2ccc(Cl)cc2)o1. The van der Waals surface area contributed by atoms with E-state index in [0.29, 0.717) is 35.0 Å². The fourth-order valence-corrected chi connectivity index (χ4v) is 2.50. The van der Waals surface area contributed by atoms with Crippen molar-refractivity contribution in [1.29, 1.82) is 0 Å². The van der Waals surface area contributed by atoms with Crippen LogP contribution in [0.25, 0.3) is 0 Å². The highest BCUT2D eigenvalue weighted by molar-refractivity contribution is 8.00. The molecule has 1 N–H and O–H groups in total. The summed E-state index contributed by atoms with van der Waals surface area (Å²) in [6, 6.07) is 6.97. The number of carbonyl (C=O) groups excluding carboxylic acids is 1. The average Bonchev–Trinajstić information content (AvgIpc) is 3.02. The largest absolute Gasteiger partial charge is 0.484 e. The summed E-state index contributed by atoms with van der Waals surface area (Å²) < 4.78 is 15.9. The number of methoxy groups -OCH3 is 1. The molecule has 0 unspecified atom stereocenters. The lowest BCUT2D eigenvalue weighted by Crippen LogP contribution is -2.33. The molecule has 1 atom stereocenters. The van der Waals surface area contributed by atoms with Crippen LogP contribution in [0.15, 0.2) is 33.9 Å². The number of nitrogens with one attached hydrogen (secondary N) is 1. The Morgan fingerprint density at radius 2 is 2.12 bits per heavy atom. The Bertz CT molecular complexity index is 650. The van der Waals surface area contributed by atoms with Gasteiger partial charge in [-0.25, -0.2) is 0 Å². The smallest absolute Gasteiger partial charge is 0.277 e. The maximum Gasteiger partial charge on any atom is 0.277 e. The van der Waals surface area contributed by atoms with Gasteiger partial charge in [-0.15, -0.1) is 10.2 Å². The van der Waals surface area contributed by atoms with Gasteiger partial charge in [0, 0.05) is 18.7 Å². The molecule has 2 aromatic rings. The van der Waals surface area contributed by atoms with E-state index in [-0.39, 0.29) is 17.8 Å². The molecule has 24 heavy (non-hydrogen) atoms. The van der Waals surface area contributed by atoms with Crippen molar-refractivity contribution in [2.24, 2.45) is 0 Å². The first-order valence-electron chi connectivity index (χ1n) is 7.22. The first-order chi connectivity index (χ1) is 11.6. The van der Waals surface area contributed by atoms with Gasteiger partial charge in [-0.3, -0.25) is 4.79 Å². The van der Waals surface area contributed by atoms with E-state index >= 15 is 0 Å². The van der Waals surface area contributed by atoms with Gasteiger partial charge in [0.15, 0.2) is 6.61 Å². The van der Waals surface area contributed by atoms with Crippen molar-refractivity contribution < 1.29 is 18.7 Å². The molecule has 0 aliphatic carbocycles. The Hall–Kier alpha value is -1.77. The maximum atomic E-state index is 11.9. The van der Waals surface area contributed by atoms with E-state index in [1.165, 1.54) is 11.8 Å². The summed E-state index contributed by atoms with van der Waals surface area (Å²) >= 11 is 7.00. The molecular formula is C15H18ClN3O4S. The van der Waals surface area contributed by atoms with Crippen LogP contribution in [0.1, 0.15) is 12.8 Å². The number of rotatable bonds is 9. The van der Waals surface area contributed by atoms with Crippen molar-refractivity contribution in [2.75, 3.05) is 20.3 Å². The molecule has 1 heterocycles. The zero-order valence-electron chi connectivity index (χ0n) is 13.3. The molecule has 0 aliphatic heterocycles. The minimum atomic E-state index is -0.354. The van der Waals surface area contributed by atoms with Gasteiger partial charge in [-0.2, -0.15) is 0 Å². The minimum Gasteiger partial charge on any atom is -0.484 e. The number of thioether (sulfide) groups is 1. The van der Waals surface area contributed by atoms with Crippen LogP contribution in [0.4, 0.5) is 0 Å². The van der Waals surface area contributed by atoms with Gasteiger partial charge < -0.3 is 19.2 Å². The molecule has 130 valence electrons. The number of ether oxygens (including phenoxy) is 2. The minimum absolute atomic E-state index is 0.116. The summed E-state index contributed by atoms with van der Waals surface area (Å²) in [5.74, 6) is 0.867. The normalized spacial score (nSPS) is 12.0. The van der Waals surface area contributed by atoms with Crippen LogP contribution in [0.5, 0.6) is 5.75 Å². The van der Waals surface area contributed by atoms with Gasteiger partial charge in [0.05, 0.1) is 11.9 Å². The Morgan fingerprint density at radius 3 is 2.83 bits per heavy atom. The molecule has 0 aliphatic rings. The van der Waals surface area contributed by atoms with E-state index < -0.39 is 0 Å². The van der Waals surface area contributed by atoms with Crippen molar-refractivity contribution in [1.82, 2.24) is 15.5 Å². The number of benzene rings is 1. The number of amides is 1. The highest BCUT2D eigenvalue weighted by Crippen LogP contribution is 2.22. The number of nitrogens with zero attached hydrogens (tertiary/aromatic N) is 2. The van der Waals surface area contributed by atoms with E-state index in [1.54, 1.807) is 38.3 Å². The van der Waals surface area contributed by atoms with Crippen molar-refractivity contribution in [3.63, 3.8) is 0 Å². The van der Waals surface area contributed by atoms with Crippen LogP contribution in [0, 0.1) is 0 Å². The van der Waals surface area contributed by atoms with Crippen LogP contribution >= 0.6 is 23.4 Å². The Morgan fingerprint density at radius 1 is 1.38 bits per heavy atom. The van der Waals surface area contributed by atoms with Gasteiger partial charge in [0.1, 0.15) is 5.75 Å². The van der Waals surface area contributed by atoms with Gasteiger partial charge in [-0.1, -0.05) is 23.4 Å². The first kappa shape index (κ1) is 18.6. The molecule has 0 spiro atoms. The third-order valence-electron chi connectivity index (χ3n) is 2.88. The summed E-state index contributed by atoms with van der Waals surface area (Å²) in [4.78, 5) is 11.9. The molecule has 1 aromatic heterocycles. The molecule has 2 rings (SSSR count). The fourth-order valence-electron chi connectivity index (χ4n) is 1.64. The fraction of sp³-hybridized carbons (Fsp3) is 0.400. The molecule has 1 amide bonds. The number of carbonyl (C=O) groups is 1. The molecule has 0 fully saturated rings. The molecule has 9 heteroatoms. The molecular weight excluding hydrogens is 354 g/mol. The van der Waals surface area contributed by atoms with Crippen molar-refractivity contribution in [3.05, 3.63) is 35.2 Å². The number of aromatic nitrogens is 2. The van der Waals surface area contributed by atoms with Crippen molar-refractivity contribution in [3.8, 4) is 5.75 Å². The lowest BCUT2D eigenvalue weighted by atomic mass is 10.3. The zero-order valence-corrected chi connectivity index (χ0v) is 14.9. The second kappa shape index (κ2) is 9.51. The topological polar surface area (TPSA) is 86.5 Å². The van der Waals surface area contributed by atoms with Gasteiger partial charge >= 0.3 is 0 Å². The van der Waals surface area contributed by atoms with E-state index in [4.69, 9.17) is 25.5 Å². The lowest BCUT2D eigenvalue weighted by Gasteiger charge is -2.09. The Balaban J connectivity index is 1.79. The highest BCUT2D eigenvalue weighted by atomic mass is 35.5. The van der Waals surface area contributed by atoms with Crippen LogP contribution in [0.3, 0.4) is 0 Å². The molecule has 7 nitrogen and oxygen atoms in total. The number of halogens is 1. The first-order valence-corrected chi connectivity index (χ1v) is 8.48. The van der Waals surface area contributed by atoms with E-state index in [9.17, 15) is 4.79 Å².